The molecule has 3 aromatic rings. The van der Waals surface area contributed by atoms with Crippen LogP contribution < -0.4 is 14.8 Å². The lowest BCUT2D eigenvalue weighted by molar-refractivity contribution is -0.152. The molecule has 0 amide bonds. The molecular formula is C39H46N2O9. The maximum Gasteiger partial charge on any atom is 0.342 e. The summed E-state index contributed by atoms with van der Waals surface area (Å²) in [5, 5.41) is 3.27. The average Bonchev–Trinajstić information content (AvgIpc) is 3.42. The van der Waals surface area contributed by atoms with E-state index < -0.39 is 42.1 Å². The number of methoxy groups -OCH3 is 1. The molecule has 0 spiro atoms. The van der Waals surface area contributed by atoms with Gasteiger partial charge in [0.25, 0.3) is 0 Å². The summed E-state index contributed by atoms with van der Waals surface area (Å²) in [7, 11) is 1.51. The van der Waals surface area contributed by atoms with E-state index in [1.54, 1.807) is 48.7 Å². The molecule has 2 aliphatic heterocycles. The van der Waals surface area contributed by atoms with Crippen LogP contribution in [0.3, 0.4) is 0 Å². The van der Waals surface area contributed by atoms with E-state index in [-0.39, 0.29) is 24.0 Å². The molecule has 1 saturated heterocycles. The molecule has 3 heterocycles. The Morgan fingerprint density at radius 2 is 1.82 bits per heavy atom. The zero-order chi connectivity index (χ0) is 35.5. The number of pyridine rings is 1. The summed E-state index contributed by atoms with van der Waals surface area (Å²) in [6.45, 7) is 8.39. The average molecular weight is 687 g/mol. The molecule has 50 heavy (non-hydrogen) atoms. The third-order valence-corrected chi connectivity index (χ3v) is 8.30. The summed E-state index contributed by atoms with van der Waals surface area (Å²) in [6.07, 6.45) is 7.81. The van der Waals surface area contributed by atoms with E-state index in [4.69, 9.17) is 33.2 Å². The molecular weight excluding hydrogens is 640 g/mol. The Morgan fingerprint density at radius 1 is 1.02 bits per heavy atom. The summed E-state index contributed by atoms with van der Waals surface area (Å²) in [5.74, 6) is -0.630. The van der Waals surface area contributed by atoms with Crippen LogP contribution in [0.25, 0.3) is 6.08 Å². The second-order valence-corrected chi connectivity index (χ2v) is 12.6. The Bertz CT molecular complexity index is 1630. The summed E-state index contributed by atoms with van der Waals surface area (Å²) in [4.78, 5) is 31.3. The predicted octanol–water partition coefficient (Wildman–Crippen LogP) is 6.85. The maximum absolute atomic E-state index is 13.8. The molecule has 0 aliphatic carbocycles. The molecule has 11 heteroatoms. The number of hydrogen-bond acceptors (Lipinski definition) is 11. The molecule has 266 valence electrons. The number of hydrogen-bond donors (Lipinski definition) is 1. The topological polar surface area (TPSA) is 124 Å². The van der Waals surface area contributed by atoms with Crippen molar-refractivity contribution in [2.75, 3.05) is 32.4 Å². The highest BCUT2D eigenvalue weighted by Crippen LogP contribution is 2.36. The van der Waals surface area contributed by atoms with E-state index in [9.17, 15) is 9.59 Å². The fourth-order valence-electron chi connectivity index (χ4n) is 5.64. The third-order valence-electron chi connectivity index (χ3n) is 8.30. The highest BCUT2D eigenvalue weighted by atomic mass is 16.8. The van der Waals surface area contributed by atoms with Gasteiger partial charge >= 0.3 is 11.9 Å². The van der Waals surface area contributed by atoms with Crippen molar-refractivity contribution >= 4 is 23.8 Å². The molecule has 1 fully saturated rings. The number of fused-ring (bicyclic) bond motifs is 2. The Kier molecular flexibility index (Phi) is 12.6. The van der Waals surface area contributed by atoms with Crippen LogP contribution in [0.4, 0.5) is 5.82 Å². The quantitative estimate of drug-likeness (QED) is 0.0987. The number of benzene rings is 2. The first-order valence-electron chi connectivity index (χ1n) is 16.9. The van der Waals surface area contributed by atoms with Gasteiger partial charge in [-0.25, -0.2) is 14.6 Å². The van der Waals surface area contributed by atoms with Crippen molar-refractivity contribution < 1.29 is 42.7 Å². The SMILES string of the molecule is COCOc1cc(OCCCNc2ccccn2)cc2c1C(=O)OC(C)[C@H](C)/C=C\C(OC(=O)c1ccccc1)[C@H]1OC(C)(C)O[C@H]1CC=C2. The standard InChI is InChI=1S/C39H46N2O9/c1-26-18-19-31(48-37(42)28-13-7-6-8-14-28)36-32(49-39(3,4)50-36)16-11-15-29-23-30(45-22-12-21-41-34-17-9-10-20-40-34)24-33(46-25-44-5)35(29)38(43)47-27(26)2/h6-11,13-15,17-20,23-24,26-27,31-32,36H,12,16,21-22,25H2,1-5H3,(H,40,41)/b15-11?,19-18-/t26-,27?,31?,32+,36-/m1/s1. The first-order chi connectivity index (χ1) is 24.1. The molecule has 1 N–H and O–H groups in total. The molecule has 5 atom stereocenters. The fraction of sp³-hybridized carbons (Fsp3) is 0.410. The monoisotopic (exact) mass is 686 g/mol. The third kappa shape index (κ3) is 9.93. The van der Waals surface area contributed by atoms with Gasteiger partial charge < -0.3 is 38.5 Å². The van der Waals surface area contributed by atoms with Gasteiger partial charge in [-0.05, 0) is 75.6 Å². The van der Waals surface area contributed by atoms with E-state index in [0.29, 0.717) is 42.9 Å². The molecule has 1 aromatic heterocycles. The summed E-state index contributed by atoms with van der Waals surface area (Å²) in [5.41, 5.74) is 1.22. The van der Waals surface area contributed by atoms with Crippen LogP contribution in [-0.4, -0.2) is 74.2 Å². The number of aromatic nitrogens is 1. The number of carbonyl (C=O) groups is 2. The summed E-state index contributed by atoms with van der Waals surface area (Å²) in [6, 6.07) is 18.0. The lowest BCUT2D eigenvalue weighted by Gasteiger charge is -2.25. The number of rotatable bonds is 11. The second kappa shape index (κ2) is 17.3. The lowest BCUT2D eigenvalue weighted by Crippen LogP contribution is -2.37. The van der Waals surface area contributed by atoms with Gasteiger partial charge in [0.2, 0.25) is 0 Å². The van der Waals surface area contributed by atoms with E-state index >= 15 is 0 Å². The molecule has 2 aliphatic rings. The molecule has 0 bridgehead atoms. The van der Waals surface area contributed by atoms with Crippen molar-refractivity contribution in [1.82, 2.24) is 4.98 Å². The molecule has 5 rings (SSSR count). The van der Waals surface area contributed by atoms with Gasteiger partial charge in [-0.2, -0.15) is 0 Å². The smallest absolute Gasteiger partial charge is 0.342 e. The summed E-state index contributed by atoms with van der Waals surface area (Å²) >= 11 is 0. The number of anilines is 1. The second-order valence-electron chi connectivity index (χ2n) is 12.6. The van der Waals surface area contributed by atoms with Crippen molar-refractivity contribution in [3.63, 3.8) is 0 Å². The first kappa shape index (κ1) is 36.6. The molecule has 0 radical (unpaired) electrons. The lowest BCUT2D eigenvalue weighted by atomic mass is 9.98. The van der Waals surface area contributed by atoms with Gasteiger partial charge in [0, 0.05) is 31.8 Å². The Balaban J connectivity index is 1.43. The zero-order valence-electron chi connectivity index (χ0n) is 29.2. The normalized spacial score (nSPS) is 23.8. The van der Waals surface area contributed by atoms with Crippen molar-refractivity contribution in [2.24, 2.45) is 5.92 Å². The molecule has 2 unspecified atom stereocenters. The number of carbonyl (C=O) groups excluding carboxylic acids is 2. The summed E-state index contributed by atoms with van der Waals surface area (Å²) < 4.78 is 41.9. The minimum Gasteiger partial charge on any atom is -0.493 e. The molecule has 0 saturated carbocycles. The minimum absolute atomic E-state index is 0.0807. The van der Waals surface area contributed by atoms with Gasteiger partial charge in [-0.3, -0.25) is 0 Å². The van der Waals surface area contributed by atoms with E-state index in [1.165, 1.54) is 7.11 Å². The van der Waals surface area contributed by atoms with Crippen molar-refractivity contribution in [1.29, 1.82) is 0 Å². The van der Waals surface area contributed by atoms with E-state index in [2.05, 4.69) is 10.3 Å². The Morgan fingerprint density at radius 3 is 2.58 bits per heavy atom. The molecule has 2 aromatic carbocycles. The van der Waals surface area contributed by atoms with Crippen LogP contribution >= 0.6 is 0 Å². The predicted molar refractivity (Wildman–Crippen MR) is 188 cm³/mol. The van der Waals surface area contributed by atoms with Crippen LogP contribution in [0.5, 0.6) is 11.5 Å². The van der Waals surface area contributed by atoms with Gasteiger partial charge in [-0.1, -0.05) is 49.4 Å². The number of nitrogens with one attached hydrogen (secondary N) is 1. The van der Waals surface area contributed by atoms with Gasteiger partial charge in [0.05, 0.1) is 18.3 Å². The Hall–Kier alpha value is -4.71. The van der Waals surface area contributed by atoms with Crippen molar-refractivity contribution in [3.05, 3.63) is 102 Å². The molecule has 11 nitrogen and oxygen atoms in total. The van der Waals surface area contributed by atoms with Crippen LogP contribution in [0, 0.1) is 5.92 Å². The number of esters is 2. The number of ether oxygens (including phenoxy) is 7. The van der Waals surface area contributed by atoms with Gasteiger partial charge in [0.15, 0.2) is 12.6 Å². The minimum atomic E-state index is -0.925. The Labute approximate surface area is 293 Å². The van der Waals surface area contributed by atoms with Gasteiger partial charge in [0.1, 0.15) is 41.2 Å². The first-order valence-corrected chi connectivity index (χ1v) is 16.9. The highest BCUT2D eigenvalue weighted by Gasteiger charge is 2.45. The van der Waals surface area contributed by atoms with Crippen LogP contribution in [0.1, 0.15) is 66.8 Å². The van der Waals surface area contributed by atoms with E-state index in [1.807, 2.05) is 70.2 Å². The van der Waals surface area contributed by atoms with E-state index in [0.717, 1.165) is 5.82 Å². The van der Waals surface area contributed by atoms with Crippen molar-refractivity contribution in [2.45, 2.75) is 70.7 Å². The maximum atomic E-state index is 13.8. The van der Waals surface area contributed by atoms with Crippen LogP contribution in [-0.2, 0) is 23.7 Å². The van der Waals surface area contributed by atoms with Crippen LogP contribution in [0.15, 0.2) is 85.1 Å². The highest BCUT2D eigenvalue weighted by molar-refractivity contribution is 5.97. The van der Waals surface area contributed by atoms with Crippen LogP contribution in [0.2, 0.25) is 0 Å². The van der Waals surface area contributed by atoms with Gasteiger partial charge in [-0.15, -0.1) is 0 Å². The fourth-order valence-corrected chi connectivity index (χ4v) is 5.64. The van der Waals surface area contributed by atoms with Crippen molar-refractivity contribution in [3.8, 4) is 11.5 Å². The number of cyclic esters (lactones) is 1. The number of nitrogens with zero attached hydrogens (tertiary/aromatic N) is 1. The zero-order valence-corrected chi connectivity index (χ0v) is 29.2. The largest absolute Gasteiger partial charge is 0.493 e.